The molecule has 7 nitrogen and oxygen atoms in total. The fourth-order valence-electron chi connectivity index (χ4n) is 2.47. The van der Waals surface area contributed by atoms with Crippen LogP contribution in [0.1, 0.15) is 25.3 Å². The van der Waals surface area contributed by atoms with Gasteiger partial charge in [-0.25, -0.2) is 0 Å². The van der Waals surface area contributed by atoms with Crippen LogP contribution in [0.25, 0.3) is 11.4 Å². The minimum atomic E-state index is -0.564. The maximum Gasteiger partial charge on any atom is 0.246 e. The van der Waals surface area contributed by atoms with E-state index in [1.807, 2.05) is 68.4 Å². The smallest absolute Gasteiger partial charge is 0.246 e. The average molecular weight is 417 g/mol. The van der Waals surface area contributed by atoms with Crippen LogP contribution in [0.5, 0.6) is 5.75 Å². The van der Waals surface area contributed by atoms with Gasteiger partial charge < -0.3 is 20.3 Å². The van der Waals surface area contributed by atoms with Crippen LogP contribution in [0.2, 0.25) is 0 Å². The van der Waals surface area contributed by atoms with Crippen LogP contribution in [0, 0.1) is 5.92 Å². The summed E-state index contributed by atoms with van der Waals surface area (Å²) in [6.07, 6.45) is 0. The van der Waals surface area contributed by atoms with Crippen LogP contribution in [0.15, 0.2) is 59.1 Å². The van der Waals surface area contributed by atoms with E-state index in [4.69, 9.17) is 15.0 Å². The monoisotopic (exact) mass is 416 g/mol. The van der Waals surface area contributed by atoms with E-state index < -0.39 is 6.04 Å². The summed E-state index contributed by atoms with van der Waals surface area (Å²) in [7, 11) is 0. The third kappa shape index (κ3) is 6.30. The molecule has 0 saturated carbocycles. The molecule has 1 atom stereocenters. The van der Waals surface area contributed by atoms with E-state index in [0.717, 1.165) is 16.9 Å². The Kier molecular flexibility index (Phi) is 8.18. The number of hydrogen-bond donors (Lipinski definition) is 2. The standard InChI is InChI=1S/C21H24N4O3.ClH/c1-14(2)19(22)21(26)23-12-18-24-20(25-28-18)16-8-10-17(11-9-16)27-13-15-6-4-3-5-7-15;/h3-11,14,19H,12-13,22H2,1-2H3,(H,23,26);1H/t19-;/m0./s1. The lowest BCUT2D eigenvalue weighted by molar-refractivity contribution is -0.123. The quantitative estimate of drug-likeness (QED) is 0.583. The zero-order chi connectivity index (χ0) is 19.9. The van der Waals surface area contributed by atoms with Gasteiger partial charge in [-0.2, -0.15) is 4.98 Å². The number of nitrogens with zero attached hydrogens (tertiary/aromatic N) is 2. The highest BCUT2D eigenvalue weighted by atomic mass is 35.5. The van der Waals surface area contributed by atoms with Crippen LogP contribution in [-0.2, 0) is 17.9 Å². The Morgan fingerprint density at radius 1 is 1.14 bits per heavy atom. The van der Waals surface area contributed by atoms with Gasteiger partial charge in [-0.3, -0.25) is 4.79 Å². The maximum absolute atomic E-state index is 11.9. The number of nitrogens with two attached hydrogens (primary N) is 1. The topological polar surface area (TPSA) is 103 Å². The molecular formula is C21H25ClN4O3. The van der Waals surface area contributed by atoms with Crippen molar-refractivity contribution in [2.24, 2.45) is 11.7 Å². The van der Waals surface area contributed by atoms with E-state index in [9.17, 15) is 4.79 Å². The van der Waals surface area contributed by atoms with Gasteiger partial charge in [0.25, 0.3) is 0 Å². The molecule has 3 aromatic rings. The number of hydrogen-bond acceptors (Lipinski definition) is 6. The first-order chi connectivity index (χ1) is 13.5. The summed E-state index contributed by atoms with van der Waals surface area (Å²) in [6, 6.07) is 16.8. The van der Waals surface area contributed by atoms with Crippen molar-refractivity contribution in [3.8, 4) is 17.1 Å². The lowest BCUT2D eigenvalue weighted by Gasteiger charge is -2.14. The number of ether oxygens (including phenoxy) is 1. The van der Waals surface area contributed by atoms with Crippen LogP contribution in [0.3, 0.4) is 0 Å². The second-order valence-corrected chi connectivity index (χ2v) is 6.80. The summed E-state index contributed by atoms with van der Waals surface area (Å²) >= 11 is 0. The van der Waals surface area contributed by atoms with Crippen molar-refractivity contribution >= 4 is 18.3 Å². The van der Waals surface area contributed by atoms with Crippen molar-refractivity contribution in [2.75, 3.05) is 0 Å². The van der Waals surface area contributed by atoms with Gasteiger partial charge in [-0.1, -0.05) is 49.3 Å². The lowest BCUT2D eigenvalue weighted by Crippen LogP contribution is -2.43. The first kappa shape index (κ1) is 22.4. The Morgan fingerprint density at radius 2 is 1.83 bits per heavy atom. The van der Waals surface area contributed by atoms with Gasteiger partial charge in [0, 0.05) is 5.56 Å². The maximum atomic E-state index is 11.9. The molecule has 3 N–H and O–H groups in total. The Morgan fingerprint density at radius 3 is 2.48 bits per heavy atom. The van der Waals surface area contributed by atoms with Crippen molar-refractivity contribution in [3.63, 3.8) is 0 Å². The number of carbonyl (C=O) groups is 1. The van der Waals surface area contributed by atoms with Crippen molar-refractivity contribution in [1.82, 2.24) is 15.5 Å². The molecule has 0 aliphatic rings. The Hall–Kier alpha value is -2.90. The average Bonchev–Trinajstić information content (AvgIpc) is 3.20. The van der Waals surface area contributed by atoms with E-state index in [0.29, 0.717) is 18.3 Å². The van der Waals surface area contributed by atoms with Crippen molar-refractivity contribution in [2.45, 2.75) is 33.0 Å². The molecule has 0 spiro atoms. The second-order valence-electron chi connectivity index (χ2n) is 6.80. The summed E-state index contributed by atoms with van der Waals surface area (Å²) < 4.78 is 11.0. The molecular weight excluding hydrogens is 392 g/mol. The predicted octanol–water partition coefficient (Wildman–Crippen LogP) is 3.34. The molecule has 29 heavy (non-hydrogen) atoms. The normalized spacial score (nSPS) is 11.6. The SMILES string of the molecule is CC(C)[C@H](N)C(=O)NCc1nc(-c2ccc(OCc3ccccc3)cc2)no1.Cl. The number of benzene rings is 2. The Bertz CT molecular complexity index is 898. The molecule has 1 heterocycles. The summed E-state index contributed by atoms with van der Waals surface area (Å²) in [4.78, 5) is 16.2. The highest BCUT2D eigenvalue weighted by Crippen LogP contribution is 2.20. The van der Waals surface area contributed by atoms with Crippen molar-refractivity contribution in [3.05, 3.63) is 66.1 Å². The first-order valence-electron chi connectivity index (χ1n) is 9.16. The molecule has 2 aromatic carbocycles. The number of halogens is 1. The molecule has 0 unspecified atom stereocenters. The van der Waals surface area contributed by atoms with Gasteiger partial charge >= 0.3 is 0 Å². The van der Waals surface area contributed by atoms with Gasteiger partial charge in [-0.15, -0.1) is 12.4 Å². The van der Waals surface area contributed by atoms with E-state index >= 15 is 0 Å². The van der Waals surface area contributed by atoms with Gasteiger partial charge in [0.15, 0.2) is 0 Å². The van der Waals surface area contributed by atoms with Crippen LogP contribution >= 0.6 is 12.4 Å². The number of aromatic nitrogens is 2. The molecule has 0 bridgehead atoms. The largest absolute Gasteiger partial charge is 0.489 e. The third-order valence-corrected chi connectivity index (χ3v) is 4.26. The van der Waals surface area contributed by atoms with Crippen LogP contribution < -0.4 is 15.8 Å². The molecule has 1 amide bonds. The van der Waals surface area contributed by atoms with Gasteiger partial charge in [0.1, 0.15) is 12.4 Å². The molecule has 8 heteroatoms. The van der Waals surface area contributed by atoms with E-state index in [2.05, 4.69) is 15.5 Å². The number of amides is 1. The molecule has 1 aromatic heterocycles. The number of nitrogens with one attached hydrogen (secondary N) is 1. The van der Waals surface area contributed by atoms with E-state index in [1.165, 1.54) is 0 Å². The Labute approximate surface area is 176 Å². The van der Waals surface area contributed by atoms with Crippen LogP contribution in [0.4, 0.5) is 0 Å². The summed E-state index contributed by atoms with van der Waals surface area (Å²) in [6.45, 7) is 4.43. The summed E-state index contributed by atoms with van der Waals surface area (Å²) in [5.74, 6) is 1.34. The minimum Gasteiger partial charge on any atom is -0.489 e. The van der Waals surface area contributed by atoms with E-state index in [1.54, 1.807) is 0 Å². The lowest BCUT2D eigenvalue weighted by atomic mass is 10.1. The molecule has 0 aliphatic heterocycles. The fraction of sp³-hybridized carbons (Fsp3) is 0.286. The van der Waals surface area contributed by atoms with Crippen molar-refractivity contribution in [1.29, 1.82) is 0 Å². The minimum absolute atomic E-state index is 0. The molecule has 0 aliphatic carbocycles. The number of rotatable bonds is 8. The van der Waals surface area contributed by atoms with Gasteiger partial charge in [0.05, 0.1) is 12.6 Å². The Balaban J connectivity index is 0.00000300. The third-order valence-electron chi connectivity index (χ3n) is 4.26. The molecule has 0 saturated heterocycles. The summed E-state index contributed by atoms with van der Waals surface area (Å²) in [5.41, 5.74) is 7.71. The molecule has 154 valence electrons. The van der Waals surface area contributed by atoms with Crippen LogP contribution in [-0.4, -0.2) is 22.1 Å². The molecule has 0 fully saturated rings. The fourth-order valence-corrected chi connectivity index (χ4v) is 2.47. The number of carbonyl (C=O) groups excluding carboxylic acids is 1. The van der Waals surface area contributed by atoms with Gasteiger partial charge in [-0.05, 0) is 35.7 Å². The molecule has 3 rings (SSSR count). The van der Waals surface area contributed by atoms with Crippen molar-refractivity contribution < 1.29 is 14.1 Å². The molecule has 0 radical (unpaired) electrons. The first-order valence-corrected chi connectivity index (χ1v) is 9.16. The van der Waals surface area contributed by atoms with E-state index in [-0.39, 0.29) is 30.8 Å². The highest BCUT2D eigenvalue weighted by molar-refractivity contribution is 5.85. The highest BCUT2D eigenvalue weighted by Gasteiger charge is 2.18. The summed E-state index contributed by atoms with van der Waals surface area (Å²) in [5, 5.41) is 6.66. The zero-order valence-corrected chi connectivity index (χ0v) is 17.2. The zero-order valence-electron chi connectivity index (χ0n) is 16.4. The predicted molar refractivity (Wildman–Crippen MR) is 112 cm³/mol. The van der Waals surface area contributed by atoms with Gasteiger partial charge in [0.2, 0.25) is 17.6 Å². The second kappa shape index (κ2) is 10.6.